The maximum atomic E-state index is 9.83. The van der Waals surface area contributed by atoms with Crippen LogP contribution < -0.4 is 4.90 Å². The van der Waals surface area contributed by atoms with Crippen molar-refractivity contribution in [2.24, 2.45) is 0 Å². The highest BCUT2D eigenvalue weighted by Gasteiger charge is 2.24. The minimum atomic E-state index is 0.512. The van der Waals surface area contributed by atoms with E-state index in [1.54, 1.807) is 12.1 Å². The summed E-state index contributed by atoms with van der Waals surface area (Å²) >= 11 is 1.51. The van der Waals surface area contributed by atoms with Crippen molar-refractivity contribution in [3.63, 3.8) is 0 Å². The Balaban J connectivity index is 1.97. The molecule has 2 aromatic rings. The highest BCUT2D eigenvalue weighted by molar-refractivity contribution is 7.98. The molecule has 1 aromatic carbocycles. The predicted octanol–water partition coefficient (Wildman–Crippen LogP) is 4.37. The standard InChI is InChI=1S/C23H24N6S/c1-4-19-20(15-25)23(30-16-18-8-6-17(14-24)7-9-18)27-22(21(19)26-2)29-11-5-10-28(3)12-13-29/h6-9H,4-5,10-13,16H2,1,3H3. The summed E-state index contributed by atoms with van der Waals surface area (Å²) in [5, 5.41) is 19.5. The van der Waals surface area contributed by atoms with Crippen LogP contribution in [0.2, 0.25) is 0 Å². The summed E-state index contributed by atoms with van der Waals surface area (Å²) in [5.41, 5.74) is 3.51. The lowest BCUT2D eigenvalue weighted by Crippen LogP contribution is -2.29. The van der Waals surface area contributed by atoms with Gasteiger partial charge in [0.25, 0.3) is 0 Å². The topological polar surface area (TPSA) is 71.3 Å². The number of thioether (sulfide) groups is 1. The molecule has 1 saturated heterocycles. The van der Waals surface area contributed by atoms with E-state index in [2.05, 4.69) is 33.8 Å². The molecule has 30 heavy (non-hydrogen) atoms. The van der Waals surface area contributed by atoms with E-state index in [0.717, 1.165) is 43.7 Å². The molecule has 152 valence electrons. The molecule has 0 amide bonds. The average molecular weight is 417 g/mol. The Hall–Kier alpha value is -3.05. The molecule has 0 N–H and O–H groups in total. The van der Waals surface area contributed by atoms with Crippen LogP contribution in [0.15, 0.2) is 29.3 Å². The SMILES string of the molecule is [C-]#[N+]c1c(N2CCCN(C)CC2)nc(SCc2ccc(C#N)cc2)c(C#N)c1CC. The Kier molecular flexibility index (Phi) is 7.31. The third-order valence-electron chi connectivity index (χ3n) is 5.28. The second kappa shape index (κ2) is 10.1. The Morgan fingerprint density at radius 1 is 1.13 bits per heavy atom. The van der Waals surface area contributed by atoms with Gasteiger partial charge in [0.2, 0.25) is 5.69 Å². The van der Waals surface area contributed by atoms with E-state index in [9.17, 15) is 5.26 Å². The molecule has 0 atom stereocenters. The van der Waals surface area contributed by atoms with Crippen LogP contribution in [0, 0.1) is 29.2 Å². The normalized spacial score (nSPS) is 14.4. The first kappa shape index (κ1) is 21.7. The second-order valence-electron chi connectivity index (χ2n) is 7.26. The summed E-state index contributed by atoms with van der Waals surface area (Å²) in [6, 6.07) is 11.9. The molecule has 3 rings (SSSR count). The third kappa shape index (κ3) is 4.74. The lowest BCUT2D eigenvalue weighted by molar-refractivity contribution is 0.360. The number of pyridine rings is 1. The summed E-state index contributed by atoms with van der Waals surface area (Å²) in [5.74, 6) is 1.36. The zero-order valence-corrected chi connectivity index (χ0v) is 18.2. The molecule has 0 bridgehead atoms. The van der Waals surface area contributed by atoms with Crippen LogP contribution in [0.5, 0.6) is 0 Å². The number of nitriles is 2. The van der Waals surface area contributed by atoms with Crippen LogP contribution >= 0.6 is 11.8 Å². The van der Waals surface area contributed by atoms with Crippen LogP contribution in [0.3, 0.4) is 0 Å². The fraction of sp³-hybridized carbons (Fsp3) is 0.391. The zero-order valence-electron chi connectivity index (χ0n) is 17.4. The van der Waals surface area contributed by atoms with Crippen molar-refractivity contribution in [2.45, 2.75) is 30.5 Å². The first-order valence-corrected chi connectivity index (χ1v) is 11.0. The van der Waals surface area contributed by atoms with Crippen molar-refractivity contribution in [1.82, 2.24) is 9.88 Å². The third-order valence-corrected chi connectivity index (χ3v) is 6.32. The molecule has 1 aliphatic rings. The van der Waals surface area contributed by atoms with Gasteiger partial charge in [0.05, 0.1) is 23.8 Å². The van der Waals surface area contributed by atoms with E-state index >= 15 is 0 Å². The number of hydrogen-bond donors (Lipinski definition) is 0. The summed E-state index contributed by atoms with van der Waals surface area (Å²) in [4.78, 5) is 13.1. The van der Waals surface area contributed by atoms with Gasteiger partial charge in [-0.3, -0.25) is 0 Å². The van der Waals surface area contributed by atoms with Gasteiger partial charge in [-0.15, -0.1) is 11.8 Å². The van der Waals surface area contributed by atoms with E-state index in [1.165, 1.54) is 11.8 Å². The first-order chi connectivity index (χ1) is 14.6. The van der Waals surface area contributed by atoms with Crippen LogP contribution in [-0.4, -0.2) is 43.1 Å². The number of hydrogen-bond acceptors (Lipinski definition) is 6. The Morgan fingerprint density at radius 2 is 1.90 bits per heavy atom. The van der Waals surface area contributed by atoms with E-state index in [0.29, 0.717) is 39.8 Å². The number of aromatic nitrogens is 1. The number of benzene rings is 1. The van der Waals surface area contributed by atoms with Crippen LogP contribution in [-0.2, 0) is 12.2 Å². The Labute approximate surface area is 182 Å². The quantitative estimate of drug-likeness (QED) is 0.532. The van der Waals surface area contributed by atoms with Crippen molar-refractivity contribution < 1.29 is 0 Å². The first-order valence-electron chi connectivity index (χ1n) is 10.0. The molecule has 1 fully saturated rings. The summed E-state index contributed by atoms with van der Waals surface area (Å²) in [6.45, 7) is 13.4. The number of rotatable bonds is 5. The molecule has 0 radical (unpaired) electrons. The molecule has 7 heteroatoms. The largest absolute Gasteiger partial charge is 0.364 e. The molecule has 0 unspecified atom stereocenters. The van der Waals surface area contributed by atoms with E-state index in [4.69, 9.17) is 16.8 Å². The molecule has 0 aliphatic carbocycles. The van der Waals surface area contributed by atoms with Crippen molar-refractivity contribution in [2.75, 3.05) is 38.1 Å². The maximum Gasteiger partial charge on any atom is 0.232 e. The molecule has 6 nitrogen and oxygen atoms in total. The van der Waals surface area contributed by atoms with Crippen molar-refractivity contribution in [3.8, 4) is 12.1 Å². The molecule has 1 aromatic heterocycles. The summed E-state index contributed by atoms with van der Waals surface area (Å²) in [6.07, 6.45) is 1.64. The minimum absolute atomic E-state index is 0.512. The molecular formula is C23H24N6S. The van der Waals surface area contributed by atoms with Crippen LogP contribution in [0.4, 0.5) is 11.5 Å². The number of anilines is 1. The van der Waals surface area contributed by atoms with Gasteiger partial charge in [0.15, 0.2) is 0 Å². The second-order valence-corrected chi connectivity index (χ2v) is 8.23. The average Bonchev–Trinajstić information content (AvgIpc) is 3.00. The fourth-order valence-corrected chi connectivity index (χ4v) is 4.53. The highest BCUT2D eigenvalue weighted by atomic mass is 32.2. The molecule has 2 heterocycles. The lowest BCUT2D eigenvalue weighted by atomic mass is 10.1. The van der Waals surface area contributed by atoms with Gasteiger partial charge >= 0.3 is 0 Å². The summed E-state index contributed by atoms with van der Waals surface area (Å²) in [7, 11) is 2.11. The van der Waals surface area contributed by atoms with Gasteiger partial charge in [0, 0.05) is 25.4 Å². The smallest absolute Gasteiger partial charge is 0.232 e. The van der Waals surface area contributed by atoms with Crippen molar-refractivity contribution >= 4 is 23.3 Å². The lowest BCUT2D eigenvalue weighted by Gasteiger charge is -2.25. The van der Waals surface area contributed by atoms with Gasteiger partial charge in [-0.25, -0.2) is 9.83 Å². The summed E-state index contributed by atoms with van der Waals surface area (Å²) < 4.78 is 0. The zero-order chi connectivity index (χ0) is 21.5. The monoisotopic (exact) mass is 416 g/mol. The van der Waals surface area contributed by atoms with Crippen molar-refractivity contribution in [1.29, 1.82) is 10.5 Å². The van der Waals surface area contributed by atoms with Gasteiger partial charge < -0.3 is 9.80 Å². The molecule has 0 saturated carbocycles. The Bertz CT molecular complexity index is 1030. The van der Waals surface area contributed by atoms with E-state index in [-0.39, 0.29) is 0 Å². The van der Waals surface area contributed by atoms with E-state index in [1.807, 2.05) is 19.1 Å². The minimum Gasteiger partial charge on any atom is -0.364 e. The fourth-order valence-electron chi connectivity index (χ4n) is 3.57. The van der Waals surface area contributed by atoms with Gasteiger partial charge in [-0.05, 0) is 49.7 Å². The highest BCUT2D eigenvalue weighted by Crippen LogP contribution is 2.39. The Morgan fingerprint density at radius 3 is 2.53 bits per heavy atom. The van der Waals surface area contributed by atoms with Gasteiger partial charge in [0.1, 0.15) is 16.9 Å². The number of likely N-dealkylation sites (N-methyl/N-ethyl adjacent to an activating group) is 1. The van der Waals surface area contributed by atoms with Crippen LogP contribution in [0.25, 0.3) is 4.85 Å². The van der Waals surface area contributed by atoms with Gasteiger partial charge in [-0.1, -0.05) is 19.1 Å². The molecule has 0 spiro atoms. The molecule has 1 aliphatic heterocycles. The number of nitrogens with zero attached hydrogens (tertiary/aromatic N) is 6. The molecular weight excluding hydrogens is 392 g/mol. The van der Waals surface area contributed by atoms with E-state index < -0.39 is 0 Å². The van der Waals surface area contributed by atoms with Gasteiger partial charge in [-0.2, -0.15) is 10.5 Å². The van der Waals surface area contributed by atoms with Crippen molar-refractivity contribution in [3.05, 3.63) is 57.9 Å². The van der Waals surface area contributed by atoms with Crippen LogP contribution in [0.1, 0.15) is 35.6 Å². The maximum absolute atomic E-state index is 9.83. The predicted molar refractivity (Wildman–Crippen MR) is 120 cm³/mol.